The fourth-order valence-corrected chi connectivity index (χ4v) is 1.96. The van der Waals surface area contributed by atoms with Crippen LogP contribution in [0.15, 0.2) is 18.3 Å². The lowest BCUT2D eigenvalue weighted by Gasteiger charge is -2.10. The zero-order valence-electron chi connectivity index (χ0n) is 12.1. The Labute approximate surface area is 112 Å². The maximum Gasteiger partial charge on any atom is 0.0518 e. The molecule has 18 heavy (non-hydrogen) atoms. The van der Waals surface area contributed by atoms with Crippen LogP contribution in [-0.2, 0) is 17.8 Å². The number of unbranched alkanes of at least 4 members (excludes halogenated alkanes) is 1. The molecule has 0 radical (unpaired) electrons. The number of hydrogen-bond donors (Lipinski definition) is 1. The van der Waals surface area contributed by atoms with Crippen molar-refractivity contribution in [1.82, 2.24) is 9.88 Å². The first-order chi connectivity index (χ1) is 8.74. The molecule has 3 heteroatoms. The molecular formula is C15H28N2O. The van der Waals surface area contributed by atoms with Crippen molar-refractivity contribution >= 4 is 0 Å². The standard InChI is InChI=1S/C15H28N2O/c1-4-10-17-11-7-8-15(17)13-16-9-5-6-12-18-14(2)3/h7-8,11,14,16H,4-6,9-10,12-13H2,1-3H3. The van der Waals surface area contributed by atoms with Crippen molar-refractivity contribution < 1.29 is 4.74 Å². The monoisotopic (exact) mass is 252 g/mol. The van der Waals surface area contributed by atoms with Crippen molar-refractivity contribution in [1.29, 1.82) is 0 Å². The molecule has 0 saturated carbocycles. The Hall–Kier alpha value is -0.800. The van der Waals surface area contributed by atoms with Crippen LogP contribution in [0.4, 0.5) is 0 Å². The van der Waals surface area contributed by atoms with Crippen LogP contribution in [0.2, 0.25) is 0 Å². The highest BCUT2D eigenvalue weighted by molar-refractivity contribution is 5.06. The van der Waals surface area contributed by atoms with E-state index >= 15 is 0 Å². The van der Waals surface area contributed by atoms with E-state index < -0.39 is 0 Å². The van der Waals surface area contributed by atoms with Crippen molar-refractivity contribution in [3.05, 3.63) is 24.0 Å². The van der Waals surface area contributed by atoms with Crippen LogP contribution >= 0.6 is 0 Å². The van der Waals surface area contributed by atoms with Gasteiger partial charge in [0.2, 0.25) is 0 Å². The van der Waals surface area contributed by atoms with Crippen LogP contribution in [0.3, 0.4) is 0 Å². The summed E-state index contributed by atoms with van der Waals surface area (Å²) in [6.45, 7) is 10.4. The van der Waals surface area contributed by atoms with E-state index in [1.807, 2.05) is 0 Å². The molecule has 0 saturated heterocycles. The predicted octanol–water partition coefficient (Wildman–Crippen LogP) is 3.19. The SMILES string of the molecule is CCCn1cccc1CNCCCCOC(C)C. The summed E-state index contributed by atoms with van der Waals surface area (Å²) in [6, 6.07) is 4.33. The van der Waals surface area contributed by atoms with Gasteiger partial charge in [0.1, 0.15) is 0 Å². The molecule has 1 heterocycles. The van der Waals surface area contributed by atoms with Crippen molar-refractivity contribution in [2.75, 3.05) is 13.2 Å². The Morgan fingerprint density at radius 3 is 2.89 bits per heavy atom. The number of aryl methyl sites for hydroxylation is 1. The Bertz CT molecular complexity index is 307. The van der Waals surface area contributed by atoms with Gasteiger partial charge in [-0.3, -0.25) is 0 Å². The van der Waals surface area contributed by atoms with Crippen molar-refractivity contribution in [3.63, 3.8) is 0 Å². The lowest BCUT2D eigenvalue weighted by atomic mass is 10.3. The molecule has 0 fully saturated rings. The van der Waals surface area contributed by atoms with Crippen molar-refractivity contribution in [2.45, 2.75) is 59.2 Å². The first-order valence-electron chi connectivity index (χ1n) is 7.20. The van der Waals surface area contributed by atoms with Crippen LogP contribution in [0, 0.1) is 0 Å². The molecule has 0 unspecified atom stereocenters. The number of aromatic nitrogens is 1. The summed E-state index contributed by atoms with van der Waals surface area (Å²) in [4.78, 5) is 0. The van der Waals surface area contributed by atoms with Gasteiger partial charge in [-0.2, -0.15) is 0 Å². The van der Waals surface area contributed by atoms with Gasteiger partial charge in [-0.15, -0.1) is 0 Å². The summed E-state index contributed by atoms with van der Waals surface area (Å²) in [5.74, 6) is 0. The molecule has 0 aliphatic carbocycles. The van der Waals surface area contributed by atoms with E-state index in [1.54, 1.807) is 0 Å². The van der Waals surface area contributed by atoms with E-state index in [0.29, 0.717) is 6.10 Å². The fraction of sp³-hybridized carbons (Fsp3) is 0.733. The van der Waals surface area contributed by atoms with Gasteiger partial charge in [-0.25, -0.2) is 0 Å². The van der Waals surface area contributed by atoms with Crippen LogP contribution in [-0.4, -0.2) is 23.8 Å². The minimum Gasteiger partial charge on any atom is -0.379 e. The smallest absolute Gasteiger partial charge is 0.0518 e. The van der Waals surface area contributed by atoms with Gasteiger partial charge in [-0.1, -0.05) is 6.92 Å². The number of nitrogens with zero attached hydrogens (tertiary/aromatic N) is 1. The second kappa shape index (κ2) is 9.17. The maximum atomic E-state index is 5.51. The summed E-state index contributed by atoms with van der Waals surface area (Å²) in [5.41, 5.74) is 1.38. The second-order valence-electron chi connectivity index (χ2n) is 5.00. The predicted molar refractivity (Wildman–Crippen MR) is 76.8 cm³/mol. The fourth-order valence-electron chi connectivity index (χ4n) is 1.96. The minimum absolute atomic E-state index is 0.357. The molecule has 0 aliphatic rings. The molecule has 0 spiro atoms. The van der Waals surface area contributed by atoms with Crippen LogP contribution in [0.25, 0.3) is 0 Å². The average Bonchev–Trinajstić information content (AvgIpc) is 2.76. The number of rotatable bonds is 10. The Kier molecular flexibility index (Phi) is 7.78. The molecule has 0 aromatic carbocycles. The summed E-state index contributed by atoms with van der Waals surface area (Å²) < 4.78 is 7.84. The minimum atomic E-state index is 0.357. The van der Waals surface area contributed by atoms with Gasteiger partial charge >= 0.3 is 0 Å². The maximum absolute atomic E-state index is 5.51. The van der Waals surface area contributed by atoms with Crippen molar-refractivity contribution in [2.24, 2.45) is 0 Å². The molecular weight excluding hydrogens is 224 g/mol. The van der Waals surface area contributed by atoms with E-state index in [9.17, 15) is 0 Å². The molecule has 0 aliphatic heterocycles. The van der Waals surface area contributed by atoms with Gasteiger partial charge in [0.25, 0.3) is 0 Å². The van der Waals surface area contributed by atoms with E-state index in [4.69, 9.17) is 4.74 Å². The van der Waals surface area contributed by atoms with Gasteiger partial charge in [0.15, 0.2) is 0 Å². The molecule has 3 nitrogen and oxygen atoms in total. The molecule has 0 bridgehead atoms. The van der Waals surface area contributed by atoms with Crippen LogP contribution < -0.4 is 5.32 Å². The average molecular weight is 252 g/mol. The summed E-state index contributed by atoms with van der Waals surface area (Å²) in [7, 11) is 0. The van der Waals surface area contributed by atoms with E-state index in [0.717, 1.165) is 32.7 Å². The molecule has 1 rings (SSSR count). The summed E-state index contributed by atoms with van der Waals surface area (Å²) in [6.07, 6.45) is 6.03. The molecule has 1 aromatic heterocycles. The molecule has 0 atom stereocenters. The molecule has 0 amide bonds. The molecule has 1 aromatic rings. The second-order valence-corrected chi connectivity index (χ2v) is 5.00. The highest BCUT2D eigenvalue weighted by Gasteiger charge is 1.99. The van der Waals surface area contributed by atoms with Gasteiger partial charge in [0, 0.05) is 31.6 Å². The largest absolute Gasteiger partial charge is 0.379 e. The Balaban J connectivity index is 2.05. The third-order valence-corrected chi connectivity index (χ3v) is 2.89. The number of hydrogen-bond acceptors (Lipinski definition) is 2. The van der Waals surface area contributed by atoms with Gasteiger partial charge < -0.3 is 14.6 Å². The highest BCUT2D eigenvalue weighted by Crippen LogP contribution is 2.03. The highest BCUT2D eigenvalue weighted by atomic mass is 16.5. The van der Waals surface area contributed by atoms with Crippen LogP contribution in [0.5, 0.6) is 0 Å². The normalized spacial score (nSPS) is 11.3. The zero-order chi connectivity index (χ0) is 13.2. The van der Waals surface area contributed by atoms with Crippen molar-refractivity contribution in [3.8, 4) is 0 Å². The third kappa shape index (κ3) is 6.22. The lowest BCUT2D eigenvalue weighted by Crippen LogP contribution is -2.18. The lowest BCUT2D eigenvalue weighted by molar-refractivity contribution is 0.0760. The summed E-state index contributed by atoms with van der Waals surface area (Å²) >= 11 is 0. The van der Waals surface area contributed by atoms with Gasteiger partial charge in [0.05, 0.1) is 6.10 Å². The quantitative estimate of drug-likeness (QED) is 0.647. The first-order valence-corrected chi connectivity index (χ1v) is 7.20. The van der Waals surface area contributed by atoms with E-state index in [-0.39, 0.29) is 0 Å². The third-order valence-electron chi connectivity index (χ3n) is 2.89. The Morgan fingerprint density at radius 1 is 1.33 bits per heavy atom. The number of ether oxygens (including phenoxy) is 1. The topological polar surface area (TPSA) is 26.2 Å². The number of nitrogens with one attached hydrogen (secondary N) is 1. The zero-order valence-corrected chi connectivity index (χ0v) is 12.1. The van der Waals surface area contributed by atoms with Gasteiger partial charge in [-0.05, 0) is 51.8 Å². The molecule has 1 N–H and O–H groups in total. The van der Waals surface area contributed by atoms with Crippen LogP contribution in [0.1, 0.15) is 45.7 Å². The van der Waals surface area contributed by atoms with E-state index in [1.165, 1.54) is 18.5 Å². The Morgan fingerprint density at radius 2 is 2.17 bits per heavy atom. The summed E-state index contributed by atoms with van der Waals surface area (Å²) in [5, 5.41) is 3.50. The molecule has 104 valence electrons. The first kappa shape index (κ1) is 15.3. The van der Waals surface area contributed by atoms with E-state index in [2.05, 4.69) is 49.0 Å².